The van der Waals surface area contributed by atoms with Gasteiger partial charge in [-0.1, -0.05) is 0 Å². The number of nitrogens with two attached hydrogens (primary N) is 1. The van der Waals surface area contributed by atoms with Gasteiger partial charge in [-0.2, -0.15) is 0 Å². The number of nitrogen functional groups attached to an aromatic ring is 1. The minimum Gasteiger partial charge on any atom is -0.398 e. The SMILES string of the molecule is COCC(O)CCNS(=O)(=O)c1cc(C)c(C)c(N)c1. The van der Waals surface area contributed by atoms with Crippen LogP contribution in [0.15, 0.2) is 17.0 Å². The number of aliphatic hydroxyl groups is 1. The van der Waals surface area contributed by atoms with Crippen LogP contribution in [0.3, 0.4) is 0 Å². The number of aliphatic hydroxyl groups excluding tert-OH is 1. The second-order valence-electron chi connectivity index (χ2n) is 4.75. The summed E-state index contributed by atoms with van der Waals surface area (Å²) in [5.74, 6) is 0. The van der Waals surface area contributed by atoms with Crippen molar-refractivity contribution < 1.29 is 18.3 Å². The maximum Gasteiger partial charge on any atom is 0.240 e. The summed E-state index contributed by atoms with van der Waals surface area (Å²) in [6.07, 6.45) is -0.402. The molecule has 0 aliphatic carbocycles. The smallest absolute Gasteiger partial charge is 0.240 e. The molecule has 1 unspecified atom stereocenters. The van der Waals surface area contributed by atoms with Crippen molar-refractivity contribution in [1.82, 2.24) is 4.72 Å². The largest absolute Gasteiger partial charge is 0.398 e. The highest BCUT2D eigenvalue weighted by molar-refractivity contribution is 7.89. The maximum atomic E-state index is 12.1. The van der Waals surface area contributed by atoms with E-state index in [2.05, 4.69) is 4.72 Å². The molecule has 1 aromatic rings. The number of nitrogens with one attached hydrogen (secondary N) is 1. The predicted octanol–water partition coefficient (Wildman–Crippen LogP) is 0.561. The summed E-state index contributed by atoms with van der Waals surface area (Å²) < 4.78 is 31.4. The van der Waals surface area contributed by atoms with Crippen LogP contribution in [0.5, 0.6) is 0 Å². The summed E-state index contributed by atoms with van der Waals surface area (Å²) >= 11 is 0. The van der Waals surface area contributed by atoms with Crippen LogP contribution in [-0.4, -0.2) is 39.9 Å². The van der Waals surface area contributed by atoms with Crippen molar-refractivity contribution in [2.45, 2.75) is 31.3 Å². The Kier molecular flexibility index (Phi) is 5.94. The van der Waals surface area contributed by atoms with E-state index in [1.54, 1.807) is 6.07 Å². The summed E-state index contributed by atoms with van der Waals surface area (Å²) in [5.41, 5.74) is 7.93. The average molecular weight is 302 g/mol. The van der Waals surface area contributed by atoms with Gasteiger partial charge in [0.25, 0.3) is 0 Å². The summed E-state index contributed by atoms with van der Waals surface area (Å²) in [4.78, 5) is 0.138. The van der Waals surface area contributed by atoms with Crippen LogP contribution in [0, 0.1) is 13.8 Å². The molecule has 114 valence electrons. The number of hydrogen-bond acceptors (Lipinski definition) is 5. The Morgan fingerprint density at radius 3 is 2.60 bits per heavy atom. The van der Waals surface area contributed by atoms with Gasteiger partial charge in [-0.05, 0) is 43.5 Å². The second kappa shape index (κ2) is 7.03. The van der Waals surface area contributed by atoms with E-state index < -0.39 is 16.1 Å². The first-order valence-electron chi connectivity index (χ1n) is 6.31. The molecule has 0 aliphatic rings. The van der Waals surface area contributed by atoms with Crippen molar-refractivity contribution in [3.05, 3.63) is 23.3 Å². The molecule has 7 heteroatoms. The standard InChI is InChI=1S/C13H22N2O4S/c1-9-6-12(7-13(14)10(9)2)20(17,18)15-5-4-11(16)8-19-3/h6-7,11,15-16H,4-5,8,14H2,1-3H3. The molecule has 1 aromatic carbocycles. The molecule has 0 spiro atoms. The molecule has 0 amide bonds. The molecule has 0 heterocycles. The molecule has 0 aromatic heterocycles. The fraction of sp³-hybridized carbons (Fsp3) is 0.538. The van der Waals surface area contributed by atoms with Crippen LogP contribution in [-0.2, 0) is 14.8 Å². The molecular formula is C13H22N2O4S. The van der Waals surface area contributed by atoms with E-state index in [9.17, 15) is 13.5 Å². The molecule has 0 fully saturated rings. The zero-order valence-electron chi connectivity index (χ0n) is 12.0. The van der Waals surface area contributed by atoms with E-state index in [1.807, 2.05) is 13.8 Å². The second-order valence-corrected chi connectivity index (χ2v) is 6.52. The fourth-order valence-corrected chi connectivity index (χ4v) is 2.89. The minimum atomic E-state index is -3.61. The quantitative estimate of drug-likeness (QED) is 0.639. The first-order chi connectivity index (χ1) is 9.27. The molecule has 1 rings (SSSR count). The van der Waals surface area contributed by atoms with Crippen LogP contribution in [0.1, 0.15) is 17.5 Å². The van der Waals surface area contributed by atoms with Crippen molar-refractivity contribution in [1.29, 1.82) is 0 Å². The summed E-state index contributed by atoms with van der Waals surface area (Å²) in [7, 11) is -2.14. The normalized spacial score (nSPS) is 13.4. The van der Waals surface area contributed by atoms with E-state index >= 15 is 0 Å². The fourth-order valence-electron chi connectivity index (χ4n) is 1.73. The number of anilines is 1. The number of hydrogen-bond donors (Lipinski definition) is 3. The van der Waals surface area contributed by atoms with Crippen molar-refractivity contribution in [3.8, 4) is 0 Å². The Labute approximate surface area is 120 Å². The Bertz CT molecular complexity index is 534. The van der Waals surface area contributed by atoms with E-state index in [1.165, 1.54) is 13.2 Å². The van der Waals surface area contributed by atoms with Gasteiger partial charge < -0.3 is 15.6 Å². The molecule has 6 nitrogen and oxygen atoms in total. The number of benzene rings is 1. The predicted molar refractivity (Wildman–Crippen MR) is 78.0 cm³/mol. The summed E-state index contributed by atoms with van der Waals surface area (Å²) in [5, 5.41) is 9.46. The first kappa shape index (κ1) is 16.9. The molecule has 20 heavy (non-hydrogen) atoms. The molecule has 0 bridgehead atoms. The number of ether oxygens (including phenoxy) is 1. The Morgan fingerprint density at radius 2 is 2.05 bits per heavy atom. The van der Waals surface area contributed by atoms with Gasteiger partial charge in [0, 0.05) is 19.3 Å². The number of sulfonamides is 1. The molecule has 4 N–H and O–H groups in total. The van der Waals surface area contributed by atoms with Crippen molar-refractivity contribution >= 4 is 15.7 Å². The van der Waals surface area contributed by atoms with Gasteiger partial charge in [-0.3, -0.25) is 0 Å². The maximum absolute atomic E-state index is 12.1. The third-order valence-corrected chi connectivity index (χ3v) is 4.56. The van der Waals surface area contributed by atoms with E-state index in [-0.39, 0.29) is 24.5 Å². The molecular weight excluding hydrogens is 280 g/mol. The molecule has 1 atom stereocenters. The van der Waals surface area contributed by atoms with Crippen LogP contribution in [0.25, 0.3) is 0 Å². The van der Waals surface area contributed by atoms with Gasteiger partial charge >= 0.3 is 0 Å². The number of aryl methyl sites for hydroxylation is 1. The minimum absolute atomic E-state index is 0.138. The van der Waals surface area contributed by atoms with Crippen LogP contribution >= 0.6 is 0 Å². The molecule has 0 saturated heterocycles. The van der Waals surface area contributed by atoms with Gasteiger partial charge in [0.05, 0.1) is 17.6 Å². The van der Waals surface area contributed by atoms with Gasteiger partial charge in [0.1, 0.15) is 0 Å². The lowest BCUT2D eigenvalue weighted by Gasteiger charge is -2.12. The first-order valence-corrected chi connectivity index (χ1v) is 7.79. The third kappa shape index (κ3) is 4.45. The van der Waals surface area contributed by atoms with Gasteiger partial charge in [0.15, 0.2) is 0 Å². The highest BCUT2D eigenvalue weighted by Gasteiger charge is 2.16. The van der Waals surface area contributed by atoms with Gasteiger partial charge in [0.2, 0.25) is 10.0 Å². The monoisotopic (exact) mass is 302 g/mol. The van der Waals surface area contributed by atoms with Gasteiger partial charge in [-0.25, -0.2) is 13.1 Å². The van der Waals surface area contributed by atoms with Gasteiger partial charge in [-0.15, -0.1) is 0 Å². The van der Waals surface area contributed by atoms with Crippen molar-refractivity contribution in [3.63, 3.8) is 0 Å². The van der Waals surface area contributed by atoms with Crippen LogP contribution in [0.2, 0.25) is 0 Å². The average Bonchev–Trinajstić information content (AvgIpc) is 2.35. The van der Waals surface area contributed by atoms with Crippen LogP contribution in [0.4, 0.5) is 5.69 Å². The Balaban J connectivity index is 2.75. The van der Waals surface area contributed by atoms with E-state index in [0.29, 0.717) is 5.69 Å². The number of rotatable bonds is 7. The highest BCUT2D eigenvalue weighted by atomic mass is 32.2. The Hall–Kier alpha value is -1.15. The van der Waals surface area contributed by atoms with E-state index in [4.69, 9.17) is 10.5 Å². The zero-order chi connectivity index (χ0) is 15.3. The lowest BCUT2D eigenvalue weighted by Crippen LogP contribution is -2.28. The highest BCUT2D eigenvalue weighted by Crippen LogP contribution is 2.21. The Morgan fingerprint density at radius 1 is 1.40 bits per heavy atom. The molecule has 0 radical (unpaired) electrons. The lowest BCUT2D eigenvalue weighted by molar-refractivity contribution is 0.0603. The zero-order valence-corrected chi connectivity index (χ0v) is 12.8. The van der Waals surface area contributed by atoms with Crippen LogP contribution < -0.4 is 10.5 Å². The van der Waals surface area contributed by atoms with Crippen molar-refractivity contribution in [2.75, 3.05) is 26.0 Å². The van der Waals surface area contributed by atoms with Crippen molar-refractivity contribution in [2.24, 2.45) is 0 Å². The molecule has 0 saturated carbocycles. The molecule has 0 aliphatic heterocycles. The topological polar surface area (TPSA) is 102 Å². The summed E-state index contributed by atoms with van der Waals surface area (Å²) in [6, 6.07) is 3.02. The van der Waals surface area contributed by atoms with E-state index in [0.717, 1.165) is 11.1 Å². The third-order valence-electron chi connectivity index (χ3n) is 3.12. The number of methoxy groups -OCH3 is 1. The lowest BCUT2D eigenvalue weighted by atomic mass is 10.1. The summed E-state index contributed by atoms with van der Waals surface area (Å²) in [6.45, 7) is 3.97.